The monoisotopic (exact) mass is 353 g/mol. The molecule has 2 rings (SSSR count). The van der Waals surface area contributed by atoms with Gasteiger partial charge in [0.1, 0.15) is 12.3 Å². The van der Waals surface area contributed by atoms with E-state index < -0.39 is 30.3 Å². The molecule has 0 aliphatic carbocycles. The predicted molar refractivity (Wildman–Crippen MR) is 85.7 cm³/mol. The molecule has 1 aliphatic heterocycles. The van der Waals surface area contributed by atoms with E-state index in [0.717, 1.165) is 4.90 Å². The van der Waals surface area contributed by atoms with Crippen LogP contribution in [-0.2, 0) is 14.4 Å². The predicted octanol–water partition coefficient (Wildman–Crippen LogP) is 1.49. The van der Waals surface area contributed by atoms with Crippen LogP contribution >= 0.6 is 11.6 Å². The molecule has 1 N–H and O–H groups in total. The molecule has 0 atom stereocenters. The van der Waals surface area contributed by atoms with Crippen LogP contribution < -0.4 is 10.1 Å². The molecule has 1 aliphatic rings. The largest absolute Gasteiger partial charge is 0.495 e. The van der Waals surface area contributed by atoms with E-state index in [1.807, 2.05) is 0 Å². The number of hydrogen-bond donors (Lipinski definition) is 1. The number of hydrogen-bond acceptors (Lipinski definition) is 5. The Kier molecular flexibility index (Phi) is 5.40. The van der Waals surface area contributed by atoms with Gasteiger partial charge in [-0.1, -0.05) is 18.5 Å². The van der Waals surface area contributed by atoms with Gasteiger partial charge < -0.3 is 10.1 Å². The Morgan fingerprint density at radius 2 is 1.88 bits per heavy atom. The highest BCUT2D eigenvalue weighted by Crippen LogP contribution is 2.27. The van der Waals surface area contributed by atoms with Crippen molar-refractivity contribution in [2.45, 2.75) is 13.3 Å². The van der Waals surface area contributed by atoms with Crippen molar-refractivity contribution in [1.29, 1.82) is 0 Å². The van der Waals surface area contributed by atoms with Gasteiger partial charge in [-0.3, -0.25) is 19.3 Å². The molecule has 1 fully saturated rings. The van der Waals surface area contributed by atoms with E-state index in [0.29, 0.717) is 27.8 Å². The highest BCUT2D eigenvalue weighted by Gasteiger charge is 2.44. The van der Waals surface area contributed by atoms with Crippen LogP contribution in [0.5, 0.6) is 5.75 Å². The van der Waals surface area contributed by atoms with Crippen LogP contribution in [0.2, 0.25) is 5.02 Å². The summed E-state index contributed by atoms with van der Waals surface area (Å²) in [6, 6.07) is 3.82. The number of imide groups is 2. The third kappa shape index (κ3) is 3.48. The number of urea groups is 1. The first-order chi connectivity index (χ1) is 11.4. The fraction of sp³-hybridized carbons (Fsp3) is 0.333. The first-order valence-electron chi connectivity index (χ1n) is 7.19. The number of nitrogens with one attached hydrogen (secondary N) is 1. The van der Waals surface area contributed by atoms with Crippen molar-refractivity contribution in [3.63, 3.8) is 0 Å². The van der Waals surface area contributed by atoms with E-state index in [1.165, 1.54) is 13.2 Å². The van der Waals surface area contributed by atoms with Gasteiger partial charge in [0.2, 0.25) is 5.91 Å². The summed E-state index contributed by atoms with van der Waals surface area (Å²) < 4.78 is 5.00. The number of ether oxygens (including phenoxy) is 1. The molecular weight excluding hydrogens is 338 g/mol. The molecule has 5 amide bonds. The zero-order chi connectivity index (χ0) is 17.9. The van der Waals surface area contributed by atoms with Gasteiger partial charge in [-0.15, -0.1) is 0 Å². The number of benzene rings is 1. The van der Waals surface area contributed by atoms with Crippen molar-refractivity contribution >= 4 is 41.0 Å². The number of amides is 5. The second-order valence-corrected chi connectivity index (χ2v) is 5.44. The molecule has 0 spiro atoms. The summed E-state index contributed by atoms with van der Waals surface area (Å²) in [4.78, 5) is 49.1. The molecule has 0 unspecified atom stereocenters. The third-order valence-electron chi connectivity index (χ3n) is 3.32. The van der Waals surface area contributed by atoms with Gasteiger partial charge in [-0.05, 0) is 24.6 Å². The van der Waals surface area contributed by atoms with Gasteiger partial charge in [0.15, 0.2) is 0 Å². The quantitative estimate of drug-likeness (QED) is 0.617. The van der Waals surface area contributed by atoms with E-state index in [9.17, 15) is 19.2 Å². The topological polar surface area (TPSA) is 96.0 Å². The molecule has 128 valence electrons. The van der Waals surface area contributed by atoms with Crippen LogP contribution in [0, 0.1) is 0 Å². The summed E-state index contributed by atoms with van der Waals surface area (Å²) in [5.41, 5.74) is 0.377. The maximum Gasteiger partial charge on any atom is 0.334 e. The van der Waals surface area contributed by atoms with Gasteiger partial charge in [0.05, 0.1) is 12.1 Å². The van der Waals surface area contributed by atoms with Crippen molar-refractivity contribution in [1.82, 2.24) is 9.80 Å². The summed E-state index contributed by atoms with van der Waals surface area (Å²) in [5.74, 6) is -2.09. The summed E-state index contributed by atoms with van der Waals surface area (Å²) in [7, 11) is 1.46. The van der Waals surface area contributed by atoms with Crippen molar-refractivity contribution in [3.8, 4) is 5.75 Å². The minimum atomic E-state index is -1.00. The van der Waals surface area contributed by atoms with Gasteiger partial charge in [0, 0.05) is 12.2 Å². The second kappa shape index (κ2) is 7.31. The molecule has 1 saturated heterocycles. The maximum absolute atomic E-state index is 12.0. The van der Waals surface area contributed by atoms with Crippen LogP contribution in [0.4, 0.5) is 10.5 Å². The minimum Gasteiger partial charge on any atom is -0.495 e. The van der Waals surface area contributed by atoms with Crippen molar-refractivity contribution in [2.75, 3.05) is 25.5 Å². The van der Waals surface area contributed by atoms with E-state index in [4.69, 9.17) is 16.3 Å². The van der Waals surface area contributed by atoms with Crippen LogP contribution in [0.15, 0.2) is 18.2 Å². The molecule has 0 bridgehead atoms. The van der Waals surface area contributed by atoms with Crippen molar-refractivity contribution < 1.29 is 23.9 Å². The Morgan fingerprint density at radius 1 is 1.21 bits per heavy atom. The molecule has 0 radical (unpaired) electrons. The number of anilines is 1. The zero-order valence-electron chi connectivity index (χ0n) is 13.2. The van der Waals surface area contributed by atoms with Crippen LogP contribution in [-0.4, -0.2) is 53.8 Å². The van der Waals surface area contributed by atoms with Crippen molar-refractivity contribution in [2.24, 2.45) is 0 Å². The Morgan fingerprint density at radius 3 is 2.46 bits per heavy atom. The number of methoxy groups -OCH3 is 1. The highest BCUT2D eigenvalue weighted by molar-refractivity contribution is 6.45. The van der Waals surface area contributed by atoms with Gasteiger partial charge in [0.25, 0.3) is 0 Å². The summed E-state index contributed by atoms with van der Waals surface area (Å²) in [5, 5.41) is 2.81. The number of carbonyl (C=O) groups is 4. The second-order valence-electron chi connectivity index (χ2n) is 5.03. The lowest BCUT2D eigenvalue weighted by Crippen LogP contribution is -2.39. The lowest BCUT2D eigenvalue weighted by Gasteiger charge is -2.15. The van der Waals surface area contributed by atoms with Crippen molar-refractivity contribution in [3.05, 3.63) is 23.2 Å². The molecule has 1 aromatic carbocycles. The smallest absolute Gasteiger partial charge is 0.334 e. The fourth-order valence-electron chi connectivity index (χ4n) is 2.20. The molecule has 0 saturated carbocycles. The lowest BCUT2D eigenvalue weighted by molar-refractivity contribution is -0.143. The van der Waals surface area contributed by atoms with E-state index in [1.54, 1.807) is 19.1 Å². The Balaban J connectivity index is 2.04. The van der Waals surface area contributed by atoms with Crippen LogP contribution in [0.25, 0.3) is 0 Å². The number of halogens is 1. The minimum absolute atomic E-state index is 0.135. The summed E-state index contributed by atoms with van der Waals surface area (Å²) >= 11 is 5.96. The molecule has 9 heteroatoms. The average molecular weight is 354 g/mol. The third-order valence-corrected chi connectivity index (χ3v) is 3.61. The van der Waals surface area contributed by atoms with E-state index in [2.05, 4.69) is 5.32 Å². The average Bonchev–Trinajstić information content (AvgIpc) is 2.73. The molecule has 1 heterocycles. The lowest BCUT2D eigenvalue weighted by atomic mass is 10.3. The Bertz CT molecular complexity index is 706. The van der Waals surface area contributed by atoms with E-state index >= 15 is 0 Å². The molecular formula is C15H16ClN3O5. The van der Waals surface area contributed by atoms with Gasteiger partial charge >= 0.3 is 17.8 Å². The molecule has 0 aromatic heterocycles. The number of nitrogens with zero attached hydrogens (tertiary/aromatic N) is 2. The number of rotatable bonds is 6. The summed E-state index contributed by atoms with van der Waals surface area (Å²) in [6.07, 6.45) is 0.523. The number of carbonyl (C=O) groups excluding carboxylic acids is 4. The first kappa shape index (κ1) is 17.7. The molecule has 24 heavy (non-hydrogen) atoms. The standard InChI is InChI=1S/C15H16ClN3O5/c1-3-6-18-13(21)14(22)19(15(18)23)8-12(20)17-9-4-5-11(24-2)10(16)7-9/h4-5,7H,3,6,8H2,1-2H3,(H,17,20). The van der Waals surface area contributed by atoms with Gasteiger partial charge in [-0.25, -0.2) is 9.69 Å². The maximum atomic E-state index is 12.0. The Labute approximate surface area is 143 Å². The summed E-state index contributed by atoms with van der Waals surface area (Å²) in [6.45, 7) is 1.36. The Hall–Kier alpha value is -2.61. The fourth-order valence-corrected chi connectivity index (χ4v) is 2.46. The normalized spacial score (nSPS) is 14.4. The molecule has 1 aromatic rings. The van der Waals surface area contributed by atoms with Gasteiger partial charge in [-0.2, -0.15) is 0 Å². The zero-order valence-corrected chi connectivity index (χ0v) is 13.9. The first-order valence-corrected chi connectivity index (χ1v) is 7.57. The SMILES string of the molecule is CCCN1C(=O)C(=O)N(CC(=O)Nc2ccc(OC)c(Cl)c2)C1=O. The van der Waals surface area contributed by atoms with E-state index in [-0.39, 0.29) is 6.54 Å². The van der Waals surface area contributed by atoms with Crippen LogP contribution in [0.3, 0.4) is 0 Å². The highest BCUT2D eigenvalue weighted by atomic mass is 35.5. The molecule has 8 nitrogen and oxygen atoms in total. The van der Waals surface area contributed by atoms with Crippen LogP contribution in [0.1, 0.15) is 13.3 Å².